The molecule has 236 valence electrons. The zero-order valence-corrected chi connectivity index (χ0v) is 25.5. The van der Waals surface area contributed by atoms with Crippen LogP contribution in [0.15, 0.2) is 92.0 Å². The molecule has 0 aliphatic rings. The molecule has 3 rings (SSSR count). The van der Waals surface area contributed by atoms with Gasteiger partial charge >= 0.3 is 23.9 Å². The molecule has 0 aromatic heterocycles. The Morgan fingerprint density at radius 1 is 0.644 bits per heavy atom. The van der Waals surface area contributed by atoms with E-state index in [1.807, 2.05) is 13.8 Å². The topological polar surface area (TPSA) is 124 Å². The summed E-state index contributed by atoms with van der Waals surface area (Å²) in [5.74, 6) is -0.983. The number of esters is 4. The van der Waals surface area contributed by atoms with Gasteiger partial charge in [0.15, 0.2) is 0 Å². The lowest BCUT2D eigenvalue weighted by Gasteiger charge is -2.18. The Morgan fingerprint density at radius 2 is 1.07 bits per heavy atom. The van der Waals surface area contributed by atoms with Gasteiger partial charge in [-0.2, -0.15) is 0 Å². The first-order valence-corrected chi connectivity index (χ1v) is 14.4. The van der Waals surface area contributed by atoms with Gasteiger partial charge in [0.05, 0.1) is 11.1 Å². The minimum atomic E-state index is -0.777. The van der Waals surface area contributed by atoms with E-state index in [2.05, 4.69) is 13.2 Å². The number of carbonyl (C=O) groups is 4. The normalized spacial score (nSPS) is 11.7. The summed E-state index contributed by atoms with van der Waals surface area (Å²) in [7, 11) is 0. The molecule has 0 amide bonds. The Hall–Kier alpha value is -5.38. The van der Waals surface area contributed by atoms with Crippen molar-refractivity contribution in [3.05, 3.63) is 109 Å². The van der Waals surface area contributed by atoms with E-state index in [1.54, 1.807) is 37.3 Å². The van der Waals surface area contributed by atoms with E-state index in [0.717, 1.165) is 25.0 Å². The standard InChI is InChI=1S/C35H36O10/c1-6-10-32(44-30(36)8-3)40-26-16-12-24(13-17-26)34(38)42-28-20-21-29(23(5)22-28)43-35(39)25-14-18-27(19-15-25)41-33(11-7-2)45-31(37)9-4/h8-9,12-22,32-33H,3-4,6-7,10-11H2,1-2,5H3. The molecule has 0 saturated heterocycles. The van der Waals surface area contributed by atoms with Crippen LogP contribution in [-0.4, -0.2) is 36.5 Å². The molecule has 10 heteroatoms. The van der Waals surface area contributed by atoms with Gasteiger partial charge in [0.25, 0.3) is 0 Å². The summed E-state index contributed by atoms with van der Waals surface area (Å²) in [4.78, 5) is 48.6. The highest BCUT2D eigenvalue weighted by molar-refractivity contribution is 5.92. The molecule has 3 aromatic carbocycles. The van der Waals surface area contributed by atoms with Crippen LogP contribution in [0, 0.1) is 6.92 Å². The molecule has 0 aliphatic heterocycles. The fourth-order valence-electron chi connectivity index (χ4n) is 3.88. The van der Waals surface area contributed by atoms with Crippen molar-refractivity contribution < 1.29 is 47.6 Å². The van der Waals surface area contributed by atoms with Gasteiger partial charge in [-0.3, -0.25) is 0 Å². The van der Waals surface area contributed by atoms with Gasteiger partial charge in [0, 0.05) is 25.0 Å². The van der Waals surface area contributed by atoms with Gasteiger partial charge in [-0.1, -0.05) is 27.0 Å². The van der Waals surface area contributed by atoms with Crippen LogP contribution >= 0.6 is 0 Å². The van der Waals surface area contributed by atoms with Gasteiger partial charge in [-0.25, -0.2) is 19.2 Å². The fourth-order valence-corrected chi connectivity index (χ4v) is 3.88. The monoisotopic (exact) mass is 616 g/mol. The van der Waals surface area contributed by atoms with Gasteiger partial charge in [0.1, 0.15) is 23.0 Å². The molecule has 0 aliphatic carbocycles. The lowest BCUT2D eigenvalue weighted by Crippen LogP contribution is -2.23. The highest BCUT2D eigenvalue weighted by atomic mass is 16.7. The summed E-state index contributed by atoms with van der Waals surface area (Å²) in [5, 5.41) is 0. The van der Waals surface area contributed by atoms with Crippen molar-refractivity contribution in [1.82, 2.24) is 0 Å². The van der Waals surface area contributed by atoms with E-state index >= 15 is 0 Å². The number of aryl methyl sites for hydroxylation is 1. The van der Waals surface area contributed by atoms with Crippen LogP contribution in [0.4, 0.5) is 0 Å². The second-order valence-electron chi connectivity index (χ2n) is 9.71. The quantitative estimate of drug-likeness (QED) is 0.0726. The second-order valence-corrected chi connectivity index (χ2v) is 9.71. The maximum Gasteiger partial charge on any atom is 0.343 e. The van der Waals surface area contributed by atoms with Crippen molar-refractivity contribution in [1.29, 1.82) is 0 Å². The molecule has 0 radical (unpaired) electrons. The van der Waals surface area contributed by atoms with Crippen LogP contribution in [0.3, 0.4) is 0 Å². The Balaban J connectivity index is 1.57. The van der Waals surface area contributed by atoms with E-state index in [4.69, 9.17) is 28.4 Å². The number of carbonyl (C=O) groups excluding carboxylic acids is 4. The zero-order valence-electron chi connectivity index (χ0n) is 25.5. The number of ether oxygens (including phenoxy) is 6. The third kappa shape index (κ3) is 10.7. The van der Waals surface area contributed by atoms with Crippen LogP contribution in [0.2, 0.25) is 0 Å². The van der Waals surface area contributed by atoms with E-state index in [-0.39, 0.29) is 16.9 Å². The predicted molar refractivity (Wildman–Crippen MR) is 165 cm³/mol. The average molecular weight is 617 g/mol. The molecule has 0 heterocycles. The van der Waals surface area contributed by atoms with Gasteiger partial charge in [0.2, 0.25) is 12.6 Å². The summed E-state index contributed by atoms with van der Waals surface area (Å²) >= 11 is 0. The van der Waals surface area contributed by atoms with Crippen LogP contribution in [0.25, 0.3) is 0 Å². The van der Waals surface area contributed by atoms with Crippen molar-refractivity contribution in [3.63, 3.8) is 0 Å². The molecular formula is C35H36O10. The van der Waals surface area contributed by atoms with Gasteiger partial charge in [-0.05, 0) is 92.1 Å². The first-order chi connectivity index (χ1) is 21.6. The first kappa shape index (κ1) is 34.1. The van der Waals surface area contributed by atoms with Crippen LogP contribution in [0.1, 0.15) is 65.8 Å². The molecule has 2 atom stereocenters. The highest BCUT2D eigenvalue weighted by Crippen LogP contribution is 2.26. The third-order valence-corrected chi connectivity index (χ3v) is 6.15. The predicted octanol–water partition coefficient (Wildman–Crippen LogP) is 6.90. The number of hydrogen-bond acceptors (Lipinski definition) is 10. The molecule has 2 unspecified atom stereocenters. The lowest BCUT2D eigenvalue weighted by atomic mass is 10.2. The summed E-state index contributed by atoms with van der Waals surface area (Å²) < 4.78 is 32.8. The number of hydrogen-bond donors (Lipinski definition) is 0. The minimum Gasteiger partial charge on any atom is -0.455 e. The van der Waals surface area contributed by atoms with Crippen molar-refractivity contribution in [2.24, 2.45) is 0 Å². The lowest BCUT2D eigenvalue weighted by molar-refractivity contribution is -0.159. The molecule has 0 spiro atoms. The SMILES string of the molecule is C=CC(=O)OC(CCC)Oc1ccc(C(=O)Oc2ccc(OC(=O)c3ccc(OC(CCC)OC(=O)C=C)cc3)c(C)c2)cc1. The van der Waals surface area contributed by atoms with Crippen LogP contribution in [0.5, 0.6) is 23.0 Å². The van der Waals surface area contributed by atoms with Gasteiger partial charge in [-0.15, -0.1) is 0 Å². The highest BCUT2D eigenvalue weighted by Gasteiger charge is 2.17. The fraction of sp³-hybridized carbons (Fsp3) is 0.257. The molecule has 0 N–H and O–H groups in total. The first-order valence-electron chi connectivity index (χ1n) is 14.4. The number of benzene rings is 3. The molecule has 3 aromatic rings. The van der Waals surface area contributed by atoms with E-state index in [9.17, 15) is 19.2 Å². The summed E-state index contributed by atoms with van der Waals surface area (Å²) in [6.07, 6.45) is 3.03. The summed E-state index contributed by atoms with van der Waals surface area (Å²) in [6, 6.07) is 17.1. The Morgan fingerprint density at radius 3 is 1.47 bits per heavy atom. The maximum absolute atomic E-state index is 12.8. The van der Waals surface area contributed by atoms with Gasteiger partial charge < -0.3 is 28.4 Å². The van der Waals surface area contributed by atoms with E-state index in [1.165, 1.54) is 36.4 Å². The molecule has 0 fully saturated rings. The molecule has 10 nitrogen and oxygen atoms in total. The van der Waals surface area contributed by atoms with E-state index in [0.29, 0.717) is 35.7 Å². The summed E-state index contributed by atoms with van der Waals surface area (Å²) in [5.41, 5.74) is 1.12. The average Bonchev–Trinajstić information content (AvgIpc) is 3.03. The molecule has 0 bridgehead atoms. The Labute approximate surface area is 262 Å². The smallest absolute Gasteiger partial charge is 0.343 e. The van der Waals surface area contributed by atoms with Crippen molar-refractivity contribution in [2.45, 2.75) is 59.0 Å². The second kappa shape index (κ2) is 17.0. The largest absolute Gasteiger partial charge is 0.455 e. The molecular weight excluding hydrogens is 580 g/mol. The van der Waals surface area contributed by atoms with Crippen LogP contribution in [-0.2, 0) is 19.1 Å². The van der Waals surface area contributed by atoms with Crippen molar-refractivity contribution in [2.75, 3.05) is 0 Å². The molecule has 0 saturated carbocycles. The van der Waals surface area contributed by atoms with Crippen LogP contribution < -0.4 is 18.9 Å². The summed E-state index contributed by atoms with van der Waals surface area (Å²) in [6.45, 7) is 12.3. The Kier molecular flexibility index (Phi) is 12.9. The Bertz CT molecular complexity index is 1490. The minimum absolute atomic E-state index is 0.261. The maximum atomic E-state index is 12.8. The zero-order chi connectivity index (χ0) is 32.8. The number of rotatable bonds is 16. The molecule has 45 heavy (non-hydrogen) atoms. The van der Waals surface area contributed by atoms with Crippen molar-refractivity contribution in [3.8, 4) is 23.0 Å². The van der Waals surface area contributed by atoms with Crippen molar-refractivity contribution >= 4 is 23.9 Å². The third-order valence-electron chi connectivity index (χ3n) is 6.15. The van der Waals surface area contributed by atoms with E-state index < -0.39 is 36.5 Å².